The van der Waals surface area contributed by atoms with Crippen LogP contribution in [0, 0.1) is 0 Å². The first-order valence-corrected chi connectivity index (χ1v) is 7.49. The third-order valence-electron chi connectivity index (χ3n) is 3.84. The van der Waals surface area contributed by atoms with Gasteiger partial charge in [0.2, 0.25) is 5.91 Å². The quantitative estimate of drug-likeness (QED) is 0.809. The fourth-order valence-electron chi connectivity index (χ4n) is 2.42. The molecule has 1 saturated heterocycles. The number of hydrogen-bond donors (Lipinski definition) is 2. The van der Waals surface area contributed by atoms with E-state index < -0.39 is 0 Å². The first-order chi connectivity index (χ1) is 9.95. The number of hydrogen-bond acceptors (Lipinski definition) is 4. The predicted molar refractivity (Wildman–Crippen MR) is 89.5 cm³/mol. The second kappa shape index (κ2) is 6.98. The standard InChI is InChI=1S/C15H22N4OS/c1-11-9-19(7-6-18(11)2)10-14(20)17-13-5-3-4-12(8-13)15(16)21/h3-5,8,11H,6-7,9-10H2,1-2H3,(H2,16,21)(H,17,20). The van der Waals surface area contributed by atoms with Gasteiger partial charge in [0.1, 0.15) is 4.99 Å². The summed E-state index contributed by atoms with van der Waals surface area (Å²) >= 11 is 4.94. The maximum Gasteiger partial charge on any atom is 0.238 e. The van der Waals surface area contributed by atoms with Gasteiger partial charge < -0.3 is 16.0 Å². The number of thiocarbonyl (C=S) groups is 1. The van der Waals surface area contributed by atoms with Crippen LogP contribution in [0.4, 0.5) is 5.69 Å². The zero-order chi connectivity index (χ0) is 15.4. The minimum Gasteiger partial charge on any atom is -0.389 e. The van der Waals surface area contributed by atoms with Crippen LogP contribution in [0.1, 0.15) is 12.5 Å². The maximum absolute atomic E-state index is 12.1. The first kappa shape index (κ1) is 15.9. The average Bonchev–Trinajstić information content (AvgIpc) is 2.43. The average molecular weight is 306 g/mol. The molecule has 0 radical (unpaired) electrons. The summed E-state index contributed by atoms with van der Waals surface area (Å²) in [5, 5.41) is 2.90. The van der Waals surface area contributed by atoms with E-state index in [9.17, 15) is 4.79 Å². The van der Waals surface area contributed by atoms with Crippen molar-refractivity contribution in [1.82, 2.24) is 9.80 Å². The summed E-state index contributed by atoms with van der Waals surface area (Å²) in [5.74, 6) is -0.00755. The lowest BCUT2D eigenvalue weighted by atomic mass is 10.2. The number of piperazine rings is 1. The molecular formula is C15H22N4OS. The fraction of sp³-hybridized carbons (Fsp3) is 0.467. The smallest absolute Gasteiger partial charge is 0.238 e. The number of likely N-dealkylation sites (N-methyl/N-ethyl adjacent to an activating group) is 1. The minimum absolute atomic E-state index is 0.00755. The van der Waals surface area contributed by atoms with Crippen molar-refractivity contribution in [3.8, 4) is 0 Å². The van der Waals surface area contributed by atoms with Crippen molar-refractivity contribution >= 4 is 28.8 Å². The summed E-state index contributed by atoms with van der Waals surface area (Å²) in [7, 11) is 2.11. The molecule has 0 spiro atoms. The Labute approximate surface area is 131 Å². The molecule has 1 aliphatic rings. The van der Waals surface area contributed by atoms with Gasteiger partial charge in [-0.25, -0.2) is 0 Å². The van der Waals surface area contributed by atoms with E-state index in [2.05, 4.69) is 29.1 Å². The van der Waals surface area contributed by atoms with E-state index in [4.69, 9.17) is 18.0 Å². The number of nitrogens with zero attached hydrogens (tertiary/aromatic N) is 2. The minimum atomic E-state index is -0.00755. The third-order valence-corrected chi connectivity index (χ3v) is 4.08. The van der Waals surface area contributed by atoms with E-state index >= 15 is 0 Å². The highest BCUT2D eigenvalue weighted by molar-refractivity contribution is 7.80. The third kappa shape index (κ3) is 4.49. The SMILES string of the molecule is CC1CN(CC(=O)Nc2cccc(C(N)=S)c2)CCN1C. The van der Waals surface area contributed by atoms with Crippen LogP contribution in [0.2, 0.25) is 0 Å². The van der Waals surface area contributed by atoms with Crippen LogP contribution in [0.3, 0.4) is 0 Å². The van der Waals surface area contributed by atoms with Gasteiger partial charge in [-0.15, -0.1) is 0 Å². The van der Waals surface area contributed by atoms with Crippen molar-refractivity contribution in [1.29, 1.82) is 0 Å². The molecule has 0 bridgehead atoms. The summed E-state index contributed by atoms with van der Waals surface area (Å²) < 4.78 is 0. The highest BCUT2D eigenvalue weighted by atomic mass is 32.1. The van der Waals surface area contributed by atoms with E-state index in [-0.39, 0.29) is 5.91 Å². The summed E-state index contributed by atoms with van der Waals surface area (Å²) in [6.45, 7) is 5.41. The van der Waals surface area contributed by atoms with Crippen LogP contribution in [0.15, 0.2) is 24.3 Å². The normalized spacial score (nSPS) is 20.2. The number of rotatable bonds is 4. The van der Waals surface area contributed by atoms with Gasteiger partial charge in [-0.3, -0.25) is 9.69 Å². The Kier molecular flexibility index (Phi) is 5.27. The maximum atomic E-state index is 12.1. The van der Waals surface area contributed by atoms with Gasteiger partial charge in [0.25, 0.3) is 0 Å². The van der Waals surface area contributed by atoms with Crippen molar-refractivity contribution in [2.24, 2.45) is 5.73 Å². The van der Waals surface area contributed by atoms with Gasteiger partial charge in [0.15, 0.2) is 0 Å². The van der Waals surface area contributed by atoms with Crippen LogP contribution in [-0.2, 0) is 4.79 Å². The lowest BCUT2D eigenvalue weighted by Gasteiger charge is -2.37. The number of nitrogens with two attached hydrogens (primary N) is 1. The summed E-state index contributed by atoms with van der Waals surface area (Å²) in [4.78, 5) is 16.9. The molecule has 5 nitrogen and oxygen atoms in total. The second-order valence-corrected chi connectivity index (χ2v) is 6.00. The Bertz CT molecular complexity index is 534. The topological polar surface area (TPSA) is 61.6 Å². The summed E-state index contributed by atoms with van der Waals surface area (Å²) in [5.41, 5.74) is 7.09. The van der Waals surface area contributed by atoms with E-state index in [1.807, 2.05) is 18.2 Å². The molecule has 1 aromatic rings. The molecule has 1 atom stereocenters. The van der Waals surface area contributed by atoms with Gasteiger partial charge in [0.05, 0.1) is 6.54 Å². The molecule has 6 heteroatoms. The van der Waals surface area contributed by atoms with Gasteiger partial charge >= 0.3 is 0 Å². The van der Waals surface area contributed by atoms with Gasteiger partial charge in [-0.1, -0.05) is 24.4 Å². The van der Waals surface area contributed by atoms with Crippen molar-refractivity contribution < 1.29 is 4.79 Å². The molecule has 1 unspecified atom stereocenters. The molecule has 0 aliphatic carbocycles. The summed E-state index contributed by atoms with van der Waals surface area (Å²) in [6, 6.07) is 7.78. The molecule has 1 aliphatic heterocycles. The molecule has 0 aromatic heterocycles. The fourth-order valence-corrected chi connectivity index (χ4v) is 2.55. The molecule has 2 rings (SSSR count). The lowest BCUT2D eigenvalue weighted by Crippen LogP contribution is -2.51. The number of amides is 1. The van der Waals surface area contributed by atoms with Gasteiger partial charge in [0, 0.05) is 36.9 Å². The zero-order valence-corrected chi connectivity index (χ0v) is 13.3. The first-order valence-electron chi connectivity index (χ1n) is 7.08. The molecule has 1 fully saturated rings. The Balaban J connectivity index is 1.90. The monoisotopic (exact) mass is 306 g/mol. The van der Waals surface area contributed by atoms with E-state index in [1.54, 1.807) is 6.07 Å². The van der Waals surface area contributed by atoms with Gasteiger partial charge in [-0.2, -0.15) is 0 Å². The van der Waals surface area contributed by atoms with E-state index in [0.29, 0.717) is 17.6 Å². The molecule has 1 heterocycles. The Morgan fingerprint density at radius 3 is 2.90 bits per heavy atom. The molecule has 21 heavy (non-hydrogen) atoms. The number of carbonyl (C=O) groups is 1. The summed E-state index contributed by atoms with van der Waals surface area (Å²) in [6.07, 6.45) is 0. The number of carbonyl (C=O) groups excluding carboxylic acids is 1. The van der Waals surface area contributed by atoms with E-state index in [1.165, 1.54) is 0 Å². The second-order valence-electron chi connectivity index (χ2n) is 5.56. The highest BCUT2D eigenvalue weighted by Crippen LogP contribution is 2.11. The number of nitrogens with one attached hydrogen (secondary N) is 1. The predicted octanol–water partition coefficient (Wildman–Crippen LogP) is 0.895. The van der Waals surface area contributed by atoms with Crippen LogP contribution in [0.5, 0.6) is 0 Å². The van der Waals surface area contributed by atoms with Crippen molar-refractivity contribution in [2.75, 3.05) is 38.5 Å². The zero-order valence-electron chi connectivity index (χ0n) is 12.5. The molecule has 0 saturated carbocycles. The van der Waals surface area contributed by atoms with Crippen molar-refractivity contribution in [2.45, 2.75) is 13.0 Å². The molecule has 114 valence electrons. The molecule has 1 aromatic carbocycles. The molecule has 3 N–H and O–H groups in total. The molecule has 1 amide bonds. The van der Waals surface area contributed by atoms with Crippen LogP contribution >= 0.6 is 12.2 Å². The highest BCUT2D eigenvalue weighted by Gasteiger charge is 2.22. The number of benzene rings is 1. The van der Waals surface area contributed by atoms with Crippen LogP contribution in [-0.4, -0.2) is 60.0 Å². The Morgan fingerprint density at radius 1 is 1.48 bits per heavy atom. The van der Waals surface area contributed by atoms with Crippen LogP contribution < -0.4 is 11.1 Å². The van der Waals surface area contributed by atoms with E-state index in [0.717, 1.165) is 30.9 Å². The van der Waals surface area contributed by atoms with Crippen molar-refractivity contribution in [3.63, 3.8) is 0 Å². The van der Waals surface area contributed by atoms with Crippen LogP contribution in [0.25, 0.3) is 0 Å². The van der Waals surface area contributed by atoms with Crippen molar-refractivity contribution in [3.05, 3.63) is 29.8 Å². The Hall–Kier alpha value is -1.50. The number of anilines is 1. The Morgan fingerprint density at radius 2 is 2.24 bits per heavy atom. The largest absolute Gasteiger partial charge is 0.389 e. The molecular weight excluding hydrogens is 284 g/mol. The lowest BCUT2D eigenvalue weighted by molar-refractivity contribution is -0.117. The van der Waals surface area contributed by atoms with Gasteiger partial charge in [-0.05, 0) is 26.1 Å².